The van der Waals surface area contributed by atoms with Gasteiger partial charge in [0.15, 0.2) is 11.5 Å². The Hall–Kier alpha value is -2.49. The molecule has 0 bridgehead atoms. The van der Waals surface area contributed by atoms with Gasteiger partial charge in [0.1, 0.15) is 0 Å². The van der Waals surface area contributed by atoms with Crippen LogP contribution in [0.1, 0.15) is 30.1 Å². The van der Waals surface area contributed by atoms with Crippen LogP contribution in [0.3, 0.4) is 0 Å². The Morgan fingerprint density at radius 2 is 2.31 bits per heavy atom. The number of rotatable bonds is 7. The summed E-state index contributed by atoms with van der Waals surface area (Å²) in [7, 11) is 0. The topological polar surface area (TPSA) is 106 Å². The molecule has 0 radical (unpaired) electrons. The highest BCUT2D eigenvalue weighted by Crippen LogP contribution is 2.33. The number of pyridine rings is 1. The molecular formula is C20H26N6O2S. The van der Waals surface area contributed by atoms with E-state index in [0.29, 0.717) is 29.1 Å². The van der Waals surface area contributed by atoms with E-state index in [2.05, 4.69) is 37.4 Å². The standard InChI is InChI=1S/C20H26N6O2S/c1-2-26(10-11-27)16-6-5-15(29-16)18-24-17-14(7-9-22-19(17)25-18)20(28)23-13-4-3-8-21-12-13/h5-7,9,13,21,27H,2-4,8,10-12H2,1H3,(H,23,28)(H,22,24,25)/t13-/m0/s1. The summed E-state index contributed by atoms with van der Waals surface area (Å²) >= 11 is 1.60. The molecule has 1 aliphatic rings. The van der Waals surface area contributed by atoms with Crippen LogP contribution in [0.5, 0.6) is 0 Å². The fraction of sp³-hybridized carbons (Fsp3) is 0.450. The minimum absolute atomic E-state index is 0.103. The van der Waals surface area contributed by atoms with E-state index in [1.807, 2.05) is 12.1 Å². The number of carbonyl (C=O) groups excluding carboxylic acids is 1. The number of aliphatic hydroxyl groups is 1. The van der Waals surface area contributed by atoms with E-state index in [0.717, 1.165) is 42.4 Å². The summed E-state index contributed by atoms with van der Waals surface area (Å²) in [6, 6.07) is 5.91. The number of fused-ring (bicyclic) bond motifs is 1. The zero-order chi connectivity index (χ0) is 20.2. The number of amides is 1. The molecule has 1 fully saturated rings. The number of hydrogen-bond donors (Lipinski definition) is 4. The van der Waals surface area contributed by atoms with Gasteiger partial charge in [-0.15, -0.1) is 11.3 Å². The number of nitrogens with zero attached hydrogens (tertiary/aromatic N) is 3. The molecule has 4 heterocycles. The zero-order valence-corrected chi connectivity index (χ0v) is 17.3. The van der Waals surface area contributed by atoms with Crippen molar-refractivity contribution < 1.29 is 9.90 Å². The third kappa shape index (κ3) is 4.26. The lowest BCUT2D eigenvalue weighted by molar-refractivity contribution is 0.0932. The monoisotopic (exact) mass is 414 g/mol. The Morgan fingerprint density at radius 3 is 3.07 bits per heavy atom. The van der Waals surface area contributed by atoms with Crippen molar-refractivity contribution in [2.45, 2.75) is 25.8 Å². The van der Waals surface area contributed by atoms with Gasteiger partial charge in [-0.2, -0.15) is 0 Å². The van der Waals surface area contributed by atoms with Crippen molar-refractivity contribution in [3.8, 4) is 10.7 Å². The predicted octanol–water partition coefficient (Wildman–Crippen LogP) is 1.99. The second-order valence-electron chi connectivity index (χ2n) is 7.10. The Morgan fingerprint density at radius 1 is 1.41 bits per heavy atom. The number of nitrogens with one attached hydrogen (secondary N) is 3. The molecule has 0 unspecified atom stereocenters. The number of likely N-dealkylation sites (N-methyl/N-ethyl adjacent to an activating group) is 1. The second-order valence-corrected chi connectivity index (χ2v) is 8.16. The van der Waals surface area contributed by atoms with Crippen LogP contribution in [0, 0.1) is 0 Å². The molecule has 0 spiro atoms. The van der Waals surface area contributed by atoms with Crippen LogP contribution < -0.4 is 15.5 Å². The van der Waals surface area contributed by atoms with E-state index in [-0.39, 0.29) is 18.6 Å². The maximum atomic E-state index is 12.8. The first-order valence-electron chi connectivity index (χ1n) is 10.0. The van der Waals surface area contributed by atoms with Crippen molar-refractivity contribution in [2.24, 2.45) is 0 Å². The summed E-state index contributed by atoms with van der Waals surface area (Å²) in [5.74, 6) is 0.594. The van der Waals surface area contributed by atoms with Crippen LogP contribution in [-0.4, -0.2) is 64.8 Å². The minimum atomic E-state index is -0.103. The first-order valence-corrected chi connectivity index (χ1v) is 10.8. The number of aliphatic hydroxyl groups excluding tert-OH is 1. The van der Waals surface area contributed by atoms with Crippen molar-refractivity contribution in [1.82, 2.24) is 25.6 Å². The predicted molar refractivity (Wildman–Crippen MR) is 116 cm³/mol. The van der Waals surface area contributed by atoms with Crippen LogP contribution in [-0.2, 0) is 0 Å². The smallest absolute Gasteiger partial charge is 0.253 e. The number of aromatic amines is 1. The van der Waals surface area contributed by atoms with E-state index in [1.165, 1.54) is 0 Å². The van der Waals surface area contributed by atoms with Gasteiger partial charge in [-0.25, -0.2) is 9.97 Å². The highest BCUT2D eigenvalue weighted by molar-refractivity contribution is 7.19. The van der Waals surface area contributed by atoms with Crippen molar-refractivity contribution in [3.05, 3.63) is 30.0 Å². The molecule has 4 N–H and O–H groups in total. The molecule has 8 nitrogen and oxygen atoms in total. The molecule has 29 heavy (non-hydrogen) atoms. The summed E-state index contributed by atoms with van der Waals surface area (Å²) in [6.07, 6.45) is 3.68. The first kappa shape index (κ1) is 19.8. The summed E-state index contributed by atoms with van der Waals surface area (Å²) in [4.78, 5) is 28.1. The lowest BCUT2D eigenvalue weighted by atomic mass is 10.1. The SMILES string of the molecule is CCN(CCO)c1ccc(-c2nc3nccc(C(=O)N[C@H]4CCCNC4)c3[nH]2)s1. The molecule has 4 rings (SSSR count). The van der Waals surface area contributed by atoms with Crippen molar-refractivity contribution in [2.75, 3.05) is 37.7 Å². The maximum absolute atomic E-state index is 12.8. The number of carbonyl (C=O) groups is 1. The van der Waals surface area contributed by atoms with Gasteiger partial charge in [0.25, 0.3) is 5.91 Å². The molecule has 1 amide bonds. The van der Waals surface area contributed by atoms with Gasteiger partial charge >= 0.3 is 0 Å². The molecule has 9 heteroatoms. The fourth-order valence-electron chi connectivity index (χ4n) is 3.62. The molecular weight excluding hydrogens is 388 g/mol. The Kier molecular flexibility index (Phi) is 6.08. The number of imidazole rings is 1. The highest BCUT2D eigenvalue weighted by Gasteiger charge is 2.20. The van der Waals surface area contributed by atoms with Crippen molar-refractivity contribution >= 4 is 33.4 Å². The third-order valence-electron chi connectivity index (χ3n) is 5.16. The number of aromatic nitrogens is 3. The van der Waals surface area contributed by atoms with E-state index in [1.54, 1.807) is 23.6 Å². The van der Waals surface area contributed by atoms with Gasteiger partial charge < -0.3 is 25.6 Å². The van der Waals surface area contributed by atoms with Crippen LogP contribution in [0.2, 0.25) is 0 Å². The van der Waals surface area contributed by atoms with E-state index < -0.39 is 0 Å². The molecule has 1 saturated heterocycles. The number of hydrogen-bond acceptors (Lipinski definition) is 7. The first-order chi connectivity index (χ1) is 14.2. The summed E-state index contributed by atoms with van der Waals surface area (Å²) in [5, 5.41) is 16.7. The fourth-order valence-corrected chi connectivity index (χ4v) is 4.67. The molecule has 1 aliphatic heterocycles. The average Bonchev–Trinajstić information content (AvgIpc) is 3.39. The molecule has 0 aliphatic carbocycles. The number of piperidine rings is 1. The van der Waals surface area contributed by atoms with Gasteiger partial charge in [-0.05, 0) is 44.5 Å². The maximum Gasteiger partial charge on any atom is 0.253 e. The van der Waals surface area contributed by atoms with Gasteiger partial charge in [0.2, 0.25) is 0 Å². The minimum Gasteiger partial charge on any atom is -0.395 e. The van der Waals surface area contributed by atoms with Gasteiger partial charge in [0, 0.05) is 31.9 Å². The second kappa shape index (κ2) is 8.89. The van der Waals surface area contributed by atoms with Crippen LogP contribution >= 0.6 is 11.3 Å². The van der Waals surface area contributed by atoms with Gasteiger partial charge in [-0.1, -0.05) is 0 Å². The molecule has 3 aromatic heterocycles. The van der Waals surface area contributed by atoms with E-state index in [4.69, 9.17) is 0 Å². The van der Waals surface area contributed by atoms with Crippen molar-refractivity contribution in [3.63, 3.8) is 0 Å². The summed E-state index contributed by atoms with van der Waals surface area (Å²) in [6.45, 7) is 5.40. The van der Waals surface area contributed by atoms with Gasteiger partial charge in [-0.3, -0.25) is 4.79 Å². The summed E-state index contributed by atoms with van der Waals surface area (Å²) < 4.78 is 0. The Bertz CT molecular complexity index is 978. The Labute approximate surface area is 173 Å². The molecule has 0 saturated carbocycles. The molecule has 0 aromatic carbocycles. The van der Waals surface area contributed by atoms with E-state index in [9.17, 15) is 9.90 Å². The lowest BCUT2D eigenvalue weighted by Crippen LogP contribution is -2.45. The van der Waals surface area contributed by atoms with Crippen molar-refractivity contribution in [1.29, 1.82) is 0 Å². The van der Waals surface area contributed by atoms with Crippen LogP contribution in [0.4, 0.5) is 5.00 Å². The van der Waals surface area contributed by atoms with Crippen LogP contribution in [0.25, 0.3) is 21.9 Å². The molecule has 1 atom stereocenters. The average molecular weight is 415 g/mol. The largest absolute Gasteiger partial charge is 0.395 e. The number of H-pyrrole nitrogens is 1. The highest BCUT2D eigenvalue weighted by atomic mass is 32.1. The zero-order valence-electron chi connectivity index (χ0n) is 16.4. The third-order valence-corrected chi connectivity index (χ3v) is 6.31. The lowest BCUT2D eigenvalue weighted by Gasteiger charge is -2.23. The number of anilines is 1. The molecule has 3 aromatic rings. The number of thiophene rings is 1. The Balaban J connectivity index is 1.59. The quantitative estimate of drug-likeness (QED) is 0.471. The van der Waals surface area contributed by atoms with E-state index >= 15 is 0 Å². The normalized spacial score (nSPS) is 16.8. The molecule has 154 valence electrons. The van der Waals surface area contributed by atoms with Gasteiger partial charge in [0.05, 0.1) is 27.6 Å². The van der Waals surface area contributed by atoms with Crippen LogP contribution in [0.15, 0.2) is 24.4 Å². The summed E-state index contributed by atoms with van der Waals surface area (Å²) in [5.41, 5.74) is 1.75.